The quantitative estimate of drug-likeness (QED) is 0.577. The van der Waals surface area contributed by atoms with Gasteiger partial charge in [-0.1, -0.05) is 0 Å². The van der Waals surface area contributed by atoms with E-state index in [9.17, 15) is 9.59 Å². The van der Waals surface area contributed by atoms with Crippen LogP contribution in [0.4, 0.5) is 4.79 Å². The number of benzene rings is 1. The van der Waals surface area contributed by atoms with Gasteiger partial charge in [0.25, 0.3) is 5.91 Å². The van der Waals surface area contributed by atoms with Crippen LogP contribution < -0.4 is 20.9 Å². The van der Waals surface area contributed by atoms with Gasteiger partial charge < -0.3 is 9.47 Å². The molecule has 0 radical (unpaired) electrons. The number of methoxy groups -OCH3 is 1. The number of hydrogen-bond donors (Lipinski definition) is 3. The third kappa shape index (κ3) is 6.09. The number of carbonyl (C=O) groups is 2. The summed E-state index contributed by atoms with van der Waals surface area (Å²) in [4.78, 5) is 22.7. The zero-order chi connectivity index (χ0) is 15.8. The maximum atomic E-state index is 11.9. The number of hydrazine groups is 1. The summed E-state index contributed by atoms with van der Waals surface area (Å²) >= 11 is 4.84. The molecule has 0 unspecified atom stereocenters. The molecule has 0 saturated heterocycles. The van der Waals surface area contributed by atoms with Crippen LogP contribution in [0.3, 0.4) is 0 Å². The SMILES string of the molecule is COC(=O)NNC(=S)NC(=O)c1ccc(OC(C)C)cc1. The lowest BCUT2D eigenvalue weighted by atomic mass is 10.2. The van der Waals surface area contributed by atoms with E-state index in [0.29, 0.717) is 11.3 Å². The minimum absolute atomic E-state index is 0.0482. The Morgan fingerprint density at radius 2 is 1.76 bits per heavy atom. The maximum Gasteiger partial charge on any atom is 0.425 e. The number of hydrogen-bond acceptors (Lipinski definition) is 5. The minimum Gasteiger partial charge on any atom is -0.491 e. The number of amides is 2. The van der Waals surface area contributed by atoms with Crippen molar-refractivity contribution in [1.82, 2.24) is 16.2 Å². The van der Waals surface area contributed by atoms with Crippen LogP contribution in [-0.2, 0) is 4.74 Å². The first-order valence-corrected chi connectivity index (χ1v) is 6.55. The molecule has 2 amide bonds. The van der Waals surface area contributed by atoms with Crippen molar-refractivity contribution >= 4 is 29.3 Å². The van der Waals surface area contributed by atoms with Crippen LogP contribution in [0, 0.1) is 0 Å². The van der Waals surface area contributed by atoms with Gasteiger partial charge in [0, 0.05) is 5.56 Å². The number of rotatable bonds is 3. The van der Waals surface area contributed by atoms with Crippen molar-refractivity contribution in [1.29, 1.82) is 0 Å². The number of ether oxygens (including phenoxy) is 2. The Labute approximate surface area is 128 Å². The predicted molar refractivity (Wildman–Crippen MR) is 80.9 cm³/mol. The van der Waals surface area contributed by atoms with Crippen LogP contribution in [0.1, 0.15) is 24.2 Å². The highest BCUT2D eigenvalue weighted by molar-refractivity contribution is 7.80. The van der Waals surface area contributed by atoms with Crippen LogP contribution in [-0.4, -0.2) is 30.3 Å². The molecular formula is C13H17N3O4S. The van der Waals surface area contributed by atoms with Crippen molar-refractivity contribution in [2.45, 2.75) is 20.0 Å². The molecule has 7 nitrogen and oxygen atoms in total. The second-order valence-electron chi connectivity index (χ2n) is 4.22. The Kier molecular flexibility index (Phi) is 6.41. The zero-order valence-corrected chi connectivity index (χ0v) is 12.7. The first kappa shape index (κ1) is 16.7. The van der Waals surface area contributed by atoms with Gasteiger partial charge in [-0.3, -0.25) is 15.5 Å². The van der Waals surface area contributed by atoms with Crippen molar-refractivity contribution in [3.63, 3.8) is 0 Å². The largest absolute Gasteiger partial charge is 0.491 e. The molecule has 0 aliphatic carbocycles. The van der Waals surface area contributed by atoms with Gasteiger partial charge >= 0.3 is 6.09 Å². The summed E-state index contributed by atoms with van der Waals surface area (Å²) in [5.41, 5.74) is 4.86. The van der Waals surface area contributed by atoms with Crippen LogP contribution in [0.25, 0.3) is 0 Å². The molecule has 0 saturated carbocycles. The second-order valence-corrected chi connectivity index (χ2v) is 4.62. The van der Waals surface area contributed by atoms with E-state index in [1.165, 1.54) is 7.11 Å². The molecule has 0 aliphatic rings. The van der Waals surface area contributed by atoms with E-state index in [4.69, 9.17) is 17.0 Å². The maximum absolute atomic E-state index is 11.9. The lowest BCUT2D eigenvalue weighted by Crippen LogP contribution is -2.48. The molecule has 0 spiro atoms. The van der Waals surface area contributed by atoms with Crippen LogP contribution in [0.15, 0.2) is 24.3 Å². The third-order valence-corrected chi connectivity index (χ3v) is 2.38. The Morgan fingerprint density at radius 1 is 1.14 bits per heavy atom. The second kappa shape index (κ2) is 8.05. The highest BCUT2D eigenvalue weighted by Crippen LogP contribution is 2.13. The molecule has 1 aromatic rings. The highest BCUT2D eigenvalue weighted by atomic mass is 32.1. The fraction of sp³-hybridized carbons (Fsp3) is 0.308. The molecule has 1 aromatic carbocycles. The third-order valence-electron chi connectivity index (χ3n) is 2.18. The summed E-state index contributed by atoms with van der Waals surface area (Å²) in [6, 6.07) is 6.61. The summed E-state index contributed by atoms with van der Waals surface area (Å²) in [6.45, 7) is 3.83. The van der Waals surface area contributed by atoms with Gasteiger partial charge in [-0.2, -0.15) is 0 Å². The number of nitrogens with one attached hydrogen (secondary N) is 3. The standard InChI is InChI=1S/C13H17N3O4S/c1-8(2)20-10-6-4-9(5-7-10)11(17)14-12(21)15-16-13(18)19-3/h4-8H,1-3H3,(H,16,18)(H2,14,15,17,21). The molecule has 8 heteroatoms. The summed E-state index contributed by atoms with van der Waals surface area (Å²) in [5, 5.41) is 2.36. The smallest absolute Gasteiger partial charge is 0.425 e. The zero-order valence-electron chi connectivity index (χ0n) is 11.9. The molecule has 1 rings (SSSR count). The van der Waals surface area contributed by atoms with Gasteiger partial charge in [0.05, 0.1) is 13.2 Å². The Hall–Kier alpha value is -2.35. The minimum atomic E-state index is -0.721. The molecule has 0 fully saturated rings. The monoisotopic (exact) mass is 311 g/mol. The number of carbonyl (C=O) groups excluding carboxylic acids is 2. The van der Waals surface area contributed by atoms with E-state index in [2.05, 4.69) is 20.9 Å². The van der Waals surface area contributed by atoms with Gasteiger partial charge in [-0.15, -0.1) is 0 Å². The average molecular weight is 311 g/mol. The van der Waals surface area contributed by atoms with Gasteiger partial charge in [-0.05, 0) is 50.3 Å². The molecular weight excluding hydrogens is 294 g/mol. The van der Waals surface area contributed by atoms with Crippen molar-refractivity contribution in [2.75, 3.05) is 7.11 Å². The van der Waals surface area contributed by atoms with Crippen LogP contribution >= 0.6 is 12.2 Å². The molecule has 3 N–H and O–H groups in total. The molecule has 0 heterocycles. The normalized spacial score (nSPS) is 9.71. The lowest BCUT2D eigenvalue weighted by molar-refractivity contribution is 0.0975. The van der Waals surface area contributed by atoms with Gasteiger partial charge in [0.1, 0.15) is 5.75 Å². The van der Waals surface area contributed by atoms with E-state index in [-0.39, 0.29) is 11.2 Å². The van der Waals surface area contributed by atoms with Crippen molar-refractivity contribution in [3.05, 3.63) is 29.8 Å². The van der Waals surface area contributed by atoms with E-state index >= 15 is 0 Å². The fourth-order valence-corrected chi connectivity index (χ4v) is 1.47. The van der Waals surface area contributed by atoms with E-state index < -0.39 is 12.0 Å². The van der Waals surface area contributed by atoms with E-state index in [0.717, 1.165) is 0 Å². The van der Waals surface area contributed by atoms with Crippen LogP contribution in [0.2, 0.25) is 0 Å². The van der Waals surface area contributed by atoms with E-state index in [1.807, 2.05) is 13.8 Å². The summed E-state index contributed by atoms with van der Waals surface area (Å²) in [7, 11) is 1.21. The molecule has 0 bridgehead atoms. The number of thiocarbonyl (C=S) groups is 1. The predicted octanol–water partition coefficient (Wildman–Crippen LogP) is 1.35. The Bertz CT molecular complexity index is 517. The van der Waals surface area contributed by atoms with Crippen LogP contribution in [0.5, 0.6) is 5.75 Å². The van der Waals surface area contributed by atoms with Gasteiger partial charge in [-0.25, -0.2) is 10.2 Å². The molecule has 0 aromatic heterocycles. The topological polar surface area (TPSA) is 88.7 Å². The lowest BCUT2D eigenvalue weighted by Gasteiger charge is -2.11. The summed E-state index contributed by atoms with van der Waals surface area (Å²) in [6.07, 6.45) is -0.660. The van der Waals surface area contributed by atoms with Crippen molar-refractivity contribution < 1.29 is 19.1 Å². The molecule has 114 valence electrons. The Morgan fingerprint density at radius 3 is 2.29 bits per heavy atom. The molecule has 21 heavy (non-hydrogen) atoms. The van der Waals surface area contributed by atoms with Gasteiger partial charge in [0.15, 0.2) is 5.11 Å². The average Bonchev–Trinajstić information content (AvgIpc) is 2.44. The summed E-state index contributed by atoms with van der Waals surface area (Å²) in [5.74, 6) is 0.268. The first-order chi connectivity index (χ1) is 9.92. The first-order valence-electron chi connectivity index (χ1n) is 6.14. The molecule has 0 aliphatic heterocycles. The Balaban J connectivity index is 2.51. The molecule has 0 atom stereocenters. The van der Waals surface area contributed by atoms with Crippen molar-refractivity contribution in [3.8, 4) is 5.75 Å². The van der Waals surface area contributed by atoms with E-state index in [1.54, 1.807) is 24.3 Å². The summed E-state index contributed by atoms with van der Waals surface area (Å²) < 4.78 is 9.81. The van der Waals surface area contributed by atoms with Crippen molar-refractivity contribution in [2.24, 2.45) is 0 Å². The van der Waals surface area contributed by atoms with Gasteiger partial charge in [0.2, 0.25) is 0 Å². The fourth-order valence-electron chi connectivity index (χ4n) is 1.32. The highest BCUT2D eigenvalue weighted by Gasteiger charge is 2.09.